The van der Waals surface area contributed by atoms with Crippen LogP contribution in [0.2, 0.25) is 0 Å². The van der Waals surface area contributed by atoms with Crippen molar-refractivity contribution >= 4 is 17.5 Å². The van der Waals surface area contributed by atoms with Crippen molar-refractivity contribution in [2.24, 2.45) is 11.7 Å². The number of amides is 2. The molecular formula is C13H18N4O2. The largest absolute Gasteiger partial charge is 0.370 e. The Labute approximate surface area is 112 Å². The molecule has 1 unspecified atom stereocenters. The molecule has 19 heavy (non-hydrogen) atoms. The van der Waals surface area contributed by atoms with Crippen molar-refractivity contribution in [1.29, 1.82) is 0 Å². The molecule has 0 saturated carbocycles. The van der Waals surface area contributed by atoms with Crippen LogP contribution in [0.25, 0.3) is 0 Å². The number of nitrogens with two attached hydrogens (primary N) is 1. The fourth-order valence-electron chi connectivity index (χ4n) is 2.47. The second-order valence-electron chi connectivity index (χ2n) is 4.66. The molecule has 1 aliphatic rings. The highest BCUT2D eigenvalue weighted by Crippen LogP contribution is 2.25. The zero-order valence-electron chi connectivity index (χ0n) is 10.9. The molecule has 0 bridgehead atoms. The van der Waals surface area contributed by atoms with Gasteiger partial charge in [-0.1, -0.05) is 0 Å². The molecule has 1 fully saturated rings. The summed E-state index contributed by atoms with van der Waals surface area (Å²) in [7, 11) is 1.64. The van der Waals surface area contributed by atoms with Gasteiger partial charge in [-0.15, -0.1) is 0 Å². The van der Waals surface area contributed by atoms with Crippen molar-refractivity contribution in [3.63, 3.8) is 0 Å². The first-order valence-corrected chi connectivity index (χ1v) is 6.34. The maximum Gasteiger partial charge on any atom is 0.252 e. The van der Waals surface area contributed by atoms with Crippen LogP contribution in [0.5, 0.6) is 0 Å². The van der Waals surface area contributed by atoms with Gasteiger partial charge in [0.25, 0.3) is 5.91 Å². The smallest absolute Gasteiger partial charge is 0.252 e. The molecule has 1 aromatic rings. The van der Waals surface area contributed by atoms with Gasteiger partial charge < -0.3 is 16.0 Å². The van der Waals surface area contributed by atoms with E-state index in [0.717, 1.165) is 25.1 Å². The van der Waals surface area contributed by atoms with Crippen molar-refractivity contribution < 1.29 is 9.59 Å². The average molecular weight is 262 g/mol. The van der Waals surface area contributed by atoms with Crippen LogP contribution >= 0.6 is 0 Å². The van der Waals surface area contributed by atoms with Crippen molar-refractivity contribution in [2.75, 3.05) is 25.0 Å². The quantitative estimate of drug-likeness (QED) is 0.811. The van der Waals surface area contributed by atoms with Gasteiger partial charge in [-0.3, -0.25) is 14.6 Å². The lowest BCUT2D eigenvalue weighted by molar-refractivity contribution is -0.124. The number of primary amides is 1. The van der Waals surface area contributed by atoms with E-state index in [0.29, 0.717) is 12.1 Å². The first-order valence-electron chi connectivity index (χ1n) is 6.34. The van der Waals surface area contributed by atoms with E-state index in [9.17, 15) is 9.59 Å². The van der Waals surface area contributed by atoms with Crippen LogP contribution in [0.4, 0.5) is 5.69 Å². The molecule has 2 amide bonds. The van der Waals surface area contributed by atoms with E-state index < -0.39 is 5.91 Å². The highest BCUT2D eigenvalue weighted by molar-refractivity contribution is 5.98. The number of carbonyl (C=O) groups excluding carboxylic acids is 2. The van der Waals surface area contributed by atoms with Crippen molar-refractivity contribution in [3.8, 4) is 0 Å². The molecule has 0 aromatic carbocycles. The minimum atomic E-state index is -0.495. The zero-order chi connectivity index (χ0) is 13.8. The van der Waals surface area contributed by atoms with Crippen LogP contribution < -0.4 is 16.0 Å². The molecule has 3 N–H and O–H groups in total. The molecular weight excluding hydrogens is 244 g/mol. The fraction of sp³-hybridized carbons (Fsp3) is 0.462. The SMILES string of the molecule is CNC(=O)C1CCCN(c2ccncc2C(N)=O)C1. The molecule has 1 aliphatic heterocycles. The second kappa shape index (κ2) is 5.69. The van der Waals surface area contributed by atoms with Crippen molar-refractivity contribution in [2.45, 2.75) is 12.8 Å². The third kappa shape index (κ3) is 2.83. The maximum atomic E-state index is 11.7. The van der Waals surface area contributed by atoms with E-state index in [1.165, 1.54) is 6.20 Å². The van der Waals surface area contributed by atoms with Crippen LogP contribution in [-0.2, 0) is 4.79 Å². The Morgan fingerprint density at radius 3 is 3.00 bits per heavy atom. The molecule has 2 rings (SSSR count). The molecule has 1 atom stereocenters. The summed E-state index contributed by atoms with van der Waals surface area (Å²) in [6, 6.07) is 1.77. The Kier molecular flexibility index (Phi) is 3.99. The van der Waals surface area contributed by atoms with Crippen LogP contribution in [0.15, 0.2) is 18.5 Å². The van der Waals surface area contributed by atoms with Gasteiger partial charge in [0.2, 0.25) is 5.91 Å². The molecule has 1 aromatic heterocycles. The number of pyridine rings is 1. The minimum Gasteiger partial charge on any atom is -0.370 e. The average Bonchev–Trinajstić information content (AvgIpc) is 2.46. The van der Waals surface area contributed by atoms with Crippen LogP contribution in [-0.4, -0.2) is 36.9 Å². The Hall–Kier alpha value is -2.11. The summed E-state index contributed by atoms with van der Waals surface area (Å²) in [5.74, 6) is -0.503. The standard InChI is InChI=1S/C13H18N4O2/c1-15-13(19)9-3-2-6-17(8-9)11-4-5-16-7-10(11)12(14)18/h4-5,7,9H,2-3,6,8H2,1H3,(H2,14,18)(H,15,19). The van der Waals surface area contributed by atoms with Crippen molar-refractivity contribution in [1.82, 2.24) is 10.3 Å². The lowest BCUT2D eigenvalue weighted by Crippen LogP contribution is -2.42. The maximum absolute atomic E-state index is 11.7. The van der Waals surface area contributed by atoms with E-state index in [1.54, 1.807) is 19.3 Å². The van der Waals surface area contributed by atoms with Gasteiger partial charge >= 0.3 is 0 Å². The normalized spacial score (nSPS) is 19.0. The molecule has 6 nitrogen and oxygen atoms in total. The Morgan fingerprint density at radius 2 is 2.32 bits per heavy atom. The summed E-state index contributed by atoms with van der Waals surface area (Å²) in [6.07, 6.45) is 4.89. The minimum absolute atomic E-state index is 0.0411. The fourth-order valence-corrected chi connectivity index (χ4v) is 2.47. The summed E-state index contributed by atoms with van der Waals surface area (Å²) in [4.78, 5) is 29.1. The van der Waals surface area contributed by atoms with Gasteiger partial charge in [-0.2, -0.15) is 0 Å². The Morgan fingerprint density at radius 1 is 1.53 bits per heavy atom. The predicted octanol–water partition coefficient (Wildman–Crippen LogP) is 0.143. The molecule has 6 heteroatoms. The highest BCUT2D eigenvalue weighted by atomic mass is 16.2. The molecule has 0 radical (unpaired) electrons. The Bertz CT molecular complexity index is 489. The monoisotopic (exact) mass is 262 g/mol. The summed E-state index contributed by atoms with van der Waals surface area (Å²) < 4.78 is 0. The molecule has 1 saturated heterocycles. The number of carbonyl (C=O) groups is 2. The third-order valence-electron chi connectivity index (χ3n) is 3.44. The summed E-state index contributed by atoms with van der Waals surface area (Å²) in [6.45, 7) is 1.42. The lowest BCUT2D eigenvalue weighted by atomic mass is 9.96. The van der Waals surface area contributed by atoms with Gasteiger partial charge in [0, 0.05) is 32.5 Å². The third-order valence-corrected chi connectivity index (χ3v) is 3.44. The lowest BCUT2D eigenvalue weighted by Gasteiger charge is -2.34. The van der Waals surface area contributed by atoms with Gasteiger partial charge in [0.05, 0.1) is 17.2 Å². The summed E-state index contributed by atoms with van der Waals surface area (Å²) in [5, 5.41) is 2.67. The first-order chi connectivity index (χ1) is 9.13. The predicted molar refractivity (Wildman–Crippen MR) is 71.8 cm³/mol. The van der Waals surface area contributed by atoms with E-state index >= 15 is 0 Å². The number of anilines is 1. The van der Waals surface area contributed by atoms with Gasteiger partial charge in [-0.25, -0.2) is 0 Å². The number of piperidine rings is 1. The molecule has 2 heterocycles. The Balaban J connectivity index is 2.22. The highest BCUT2D eigenvalue weighted by Gasteiger charge is 2.26. The van der Waals surface area contributed by atoms with Gasteiger partial charge in [0.15, 0.2) is 0 Å². The topological polar surface area (TPSA) is 88.3 Å². The van der Waals surface area contributed by atoms with E-state index in [2.05, 4.69) is 10.3 Å². The van der Waals surface area contributed by atoms with Crippen LogP contribution in [0.3, 0.4) is 0 Å². The van der Waals surface area contributed by atoms with E-state index in [-0.39, 0.29) is 11.8 Å². The zero-order valence-corrected chi connectivity index (χ0v) is 10.9. The summed E-state index contributed by atoms with van der Waals surface area (Å²) in [5.41, 5.74) is 6.52. The van der Waals surface area contributed by atoms with Crippen LogP contribution in [0.1, 0.15) is 23.2 Å². The molecule has 0 aliphatic carbocycles. The number of hydrogen-bond donors (Lipinski definition) is 2. The molecule has 102 valence electrons. The van der Waals surface area contributed by atoms with Gasteiger partial charge in [0.1, 0.15) is 0 Å². The first kappa shape index (κ1) is 13.3. The number of nitrogens with zero attached hydrogens (tertiary/aromatic N) is 2. The molecule has 0 spiro atoms. The number of nitrogens with one attached hydrogen (secondary N) is 1. The van der Waals surface area contributed by atoms with E-state index in [4.69, 9.17) is 5.73 Å². The summed E-state index contributed by atoms with van der Waals surface area (Å²) >= 11 is 0. The second-order valence-corrected chi connectivity index (χ2v) is 4.66. The van der Waals surface area contributed by atoms with Crippen LogP contribution in [0, 0.1) is 5.92 Å². The number of rotatable bonds is 3. The number of hydrogen-bond acceptors (Lipinski definition) is 4. The number of aromatic nitrogens is 1. The van der Waals surface area contributed by atoms with Crippen molar-refractivity contribution in [3.05, 3.63) is 24.0 Å². The van der Waals surface area contributed by atoms with Gasteiger partial charge in [-0.05, 0) is 18.9 Å². The van der Waals surface area contributed by atoms with E-state index in [1.807, 2.05) is 4.90 Å².